The summed E-state index contributed by atoms with van der Waals surface area (Å²) in [5, 5.41) is 37.1. The third kappa shape index (κ3) is 7.48. The average Bonchev–Trinajstić information content (AvgIpc) is 3.30. The number of aliphatic hydroxyl groups is 3. The number of anilines is 2. The Morgan fingerprint density at radius 3 is 2.46 bits per heavy atom. The Hall–Kier alpha value is -2.01. The van der Waals surface area contributed by atoms with E-state index in [1.807, 2.05) is 6.08 Å². The molecule has 0 amide bonds. The van der Waals surface area contributed by atoms with Gasteiger partial charge in [0.1, 0.15) is 22.4 Å². The number of rotatable bonds is 6. The zero-order chi connectivity index (χ0) is 19.9. The third-order valence-electron chi connectivity index (χ3n) is 3.95. The first-order valence-corrected chi connectivity index (χ1v) is 9.46. The molecular formula is C19H31N3O3S. The van der Waals surface area contributed by atoms with Crippen LogP contribution in [0.2, 0.25) is 0 Å². The Kier molecular flexibility index (Phi) is 13.1. The minimum atomic E-state index is 0.264. The third-order valence-corrected chi connectivity index (χ3v) is 5.14. The molecule has 26 heavy (non-hydrogen) atoms. The Bertz CT molecular complexity index is 612. The van der Waals surface area contributed by atoms with E-state index in [9.17, 15) is 10.4 Å². The van der Waals surface area contributed by atoms with Crippen molar-refractivity contribution in [3.8, 4) is 6.07 Å². The number of hydrogen-bond acceptors (Lipinski definition) is 7. The highest BCUT2D eigenvalue weighted by Gasteiger charge is 2.20. The van der Waals surface area contributed by atoms with Crippen LogP contribution in [-0.4, -0.2) is 35.6 Å². The maximum Gasteiger partial charge on any atom is 0.110 e. The fourth-order valence-electron chi connectivity index (χ4n) is 2.66. The molecule has 1 saturated carbocycles. The molecule has 0 unspecified atom stereocenters. The Labute approximate surface area is 160 Å². The smallest absolute Gasteiger partial charge is 0.110 e. The van der Waals surface area contributed by atoms with Crippen LogP contribution in [0.1, 0.15) is 49.5 Å². The van der Waals surface area contributed by atoms with Crippen molar-refractivity contribution in [2.75, 3.05) is 25.3 Å². The second-order valence-electron chi connectivity index (χ2n) is 5.54. The zero-order valence-electron chi connectivity index (χ0n) is 15.8. The molecule has 1 aliphatic carbocycles. The van der Waals surface area contributed by atoms with Gasteiger partial charge in [0, 0.05) is 25.1 Å². The Morgan fingerprint density at radius 1 is 1.31 bits per heavy atom. The molecule has 0 radical (unpaired) electrons. The quantitative estimate of drug-likeness (QED) is 0.378. The minimum absolute atomic E-state index is 0.264. The molecule has 1 aromatic heterocycles. The van der Waals surface area contributed by atoms with E-state index in [4.69, 9.17) is 15.9 Å². The number of nitriles is 1. The zero-order valence-corrected chi connectivity index (χ0v) is 16.6. The summed E-state index contributed by atoms with van der Waals surface area (Å²) >= 11 is 1.59. The summed E-state index contributed by atoms with van der Waals surface area (Å²) in [7, 11) is 2.00. The van der Waals surface area contributed by atoms with E-state index in [0.29, 0.717) is 17.3 Å². The normalized spacial score (nSPS) is 14.2. The van der Waals surface area contributed by atoms with Crippen LogP contribution in [0.5, 0.6) is 0 Å². The molecule has 0 saturated heterocycles. The molecule has 1 fully saturated rings. The van der Waals surface area contributed by atoms with Crippen LogP contribution in [0, 0.1) is 11.3 Å². The summed E-state index contributed by atoms with van der Waals surface area (Å²) in [5.41, 5.74) is 7.32. The number of aryl methyl sites for hydroxylation is 1. The Balaban J connectivity index is 0.00000146. The molecule has 0 aromatic carbocycles. The van der Waals surface area contributed by atoms with Gasteiger partial charge in [0.05, 0.1) is 5.69 Å². The van der Waals surface area contributed by atoms with Crippen LogP contribution in [0.4, 0.5) is 10.7 Å². The molecule has 2 rings (SSSR count). The predicted octanol–water partition coefficient (Wildman–Crippen LogP) is 3.72. The van der Waals surface area contributed by atoms with E-state index in [2.05, 4.69) is 11.4 Å². The lowest BCUT2D eigenvalue weighted by Crippen LogP contribution is -2.14. The van der Waals surface area contributed by atoms with Crippen LogP contribution in [0.25, 0.3) is 0 Å². The average molecular weight is 382 g/mol. The second-order valence-corrected chi connectivity index (χ2v) is 6.64. The summed E-state index contributed by atoms with van der Waals surface area (Å²) in [6.45, 7) is 1.79. The predicted molar refractivity (Wildman–Crippen MR) is 109 cm³/mol. The van der Waals surface area contributed by atoms with Crippen LogP contribution in [0.3, 0.4) is 0 Å². The van der Waals surface area contributed by atoms with Gasteiger partial charge in [0.15, 0.2) is 0 Å². The number of nitrogen functional groups attached to an aromatic ring is 1. The Morgan fingerprint density at radius 2 is 1.92 bits per heavy atom. The van der Waals surface area contributed by atoms with E-state index >= 15 is 0 Å². The summed E-state index contributed by atoms with van der Waals surface area (Å²) in [4.78, 5) is 1.04. The molecule has 0 atom stereocenters. The van der Waals surface area contributed by atoms with Crippen molar-refractivity contribution in [2.24, 2.45) is 0 Å². The molecule has 1 aromatic rings. The van der Waals surface area contributed by atoms with E-state index in [-0.39, 0.29) is 5.76 Å². The molecule has 146 valence electrons. The van der Waals surface area contributed by atoms with Crippen LogP contribution >= 0.6 is 11.3 Å². The fourth-order valence-corrected chi connectivity index (χ4v) is 3.82. The number of allylic oxidation sites excluding steroid dienone is 3. The number of aliphatic hydroxyl groups excluding tert-OH is 3. The van der Waals surface area contributed by atoms with E-state index in [0.717, 1.165) is 36.9 Å². The van der Waals surface area contributed by atoms with Crippen molar-refractivity contribution in [3.63, 3.8) is 0 Å². The van der Waals surface area contributed by atoms with Crippen molar-refractivity contribution in [3.05, 3.63) is 34.4 Å². The highest BCUT2D eigenvalue weighted by molar-refractivity contribution is 7.17. The summed E-state index contributed by atoms with van der Waals surface area (Å²) in [6.07, 6.45) is 11.7. The minimum Gasteiger partial charge on any atom is -0.508 e. The van der Waals surface area contributed by atoms with Crippen molar-refractivity contribution in [1.82, 2.24) is 0 Å². The first kappa shape index (κ1) is 24.0. The van der Waals surface area contributed by atoms with Crippen molar-refractivity contribution in [2.45, 2.75) is 51.5 Å². The standard InChI is InChI=1S/C17H23N3OS.2CH4O/c1-2-13(21)9-5-6-10-15-16(19)14(11-18)17(22-15)20-12-7-3-4-8-12;2*1-2/h2,5,9,12,20-21H,3-4,6-8,10,19H2,1H3;2*2H,1H3/b9-5-,13-2+;;. The van der Waals surface area contributed by atoms with Crippen LogP contribution < -0.4 is 11.1 Å². The second kappa shape index (κ2) is 14.2. The van der Waals surface area contributed by atoms with Gasteiger partial charge in [-0.25, -0.2) is 0 Å². The first-order valence-electron chi connectivity index (χ1n) is 8.64. The van der Waals surface area contributed by atoms with Gasteiger partial charge in [-0.1, -0.05) is 18.9 Å². The van der Waals surface area contributed by atoms with Gasteiger partial charge in [-0.2, -0.15) is 5.26 Å². The van der Waals surface area contributed by atoms with Crippen LogP contribution in [-0.2, 0) is 6.42 Å². The highest BCUT2D eigenvalue weighted by Crippen LogP contribution is 2.37. The molecular weight excluding hydrogens is 350 g/mol. The SMILES string of the molecule is C/C=C(O)\C=C/CCc1sc(NC2CCCC2)c(C#N)c1N.CO.CO. The van der Waals surface area contributed by atoms with Crippen LogP contribution in [0.15, 0.2) is 24.0 Å². The lowest BCUT2D eigenvalue weighted by Gasteiger charge is -2.11. The largest absolute Gasteiger partial charge is 0.508 e. The van der Waals surface area contributed by atoms with Gasteiger partial charge < -0.3 is 26.4 Å². The molecule has 7 heteroatoms. The number of hydrogen-bond donors (Lipinski definition) is 5. The highest BCUT2D eigenvalue weighted by atomic mass is 32.1. The number of nitrogens with two attached hydrogens (primary N) is 1. The van der Waals surface area contributed by atoms with Gasteiger partial charge in [-0.05, 0) is 44.8 Å². The van der Waals surface area contributed by atoms with Gasteiger partial charge in [0.2, 0.25) is 0 Å². The maximum atomic E-state index is 9.35. The van der Waals surface area contributed by atoms with E-state index in [1.54, 1.807) is 30.4 Å². The van der Waals surface area contributed by atoms with E-state index in [1.165, 1.54) is 25.7 Å². The molecule has 1 heterocycles. The topological polar surface area (TPSA) is 123 Å². The number of nitrogens with one attached hydrogen (secondary N) is 1. The molecule has 6 nitrogen and oxygen atoms in total. The van der Waals surface area contributed by atoms with Crippen molar-refractivity contribution in [1.29, 1.82) is 5.26 Å². The van der Waals surface area contributed by atoms with Crippen molar-refractivity contribution < 1.29 is 15.3 Å². The van der Waals surface area contributed by atoms with Gasteiger partial charge in [-0.3, -0.25) is 0 Å². The monoisotopic (exact) mass is 381 g/mol. The molecule has 0 spiro atoms. The fraction of sp³-hybridized carbons (Fsp3) is 0.526. The molecule has 1 aliphatic rings. The van der Waals surface area contributed by atoms with Gasteiger partial charge in [0.25, 0.3) is 0 Å². The van der Waals surface area contributed by atoms with Gasteiger partial charge >= 0.3 is 0 Å². The summed E-state index contributed by atoms with van der Waals surface area (Å²) in [5.74, 6) is 0.264. The first-order chi connectivity index (χ1) is 12.7. The molecule has 0 aliphatic heterocycles. The molecule has 0 bridgehead atoms. The molecule has 6 N–H and O–H groups in total. The lowest BCUT2D eigenvalue weighted by atomic mass is 10.1. The number of thiophene rings is 1. The van der Waals surface area contributed by atoms with E-state index < -0.39 is 0 Å². The lowest BCUT2D eigenvalue weighted by molar-refractivity contribution is 0.399. The summed E-state index contributed by atoms with van der Waals surface area (Å²) < 4.78 is 0. The van der Waals surface area contributed by atoms with Crippen molar-refractivity contribution >= 4 is 22.0 Å². The summed E-state index contributed by atoms with van der Waals surface area (Å²) in [6, 6.07) is 2.71. The number of nitrogens with zero attached hydrogens (tertiary/aromatic N) is 1. The van der Waals surface area contributed by atoms with Gasteiger partial charge in [-0.15, -0.1) is 11.3 Å². The maximum absolute atomic E-state index is 9.35.